The van der Waals surface area contributed by atoms with E-state index in [9.17, 15) is 4.79 Å². The quantitative estimate of drug-likeness (QED) is 0.123. The van der Waals surface area contributed by atoms with E-state index in [-0.39, 0.29) is 5.97 Å². The average molecular weight is 367 g/mol. The lowest BCUT2D eigenvalue weighted by atomic mass is 10.1. The highest BCUT2D eigenvalue weighted by Gasteiger charge is 2.07. The smallest absolute Gasteiger partial charge is 0.333 e. The highest BCUT2D eigenvalue weighted by atomic mass is 16.5. The summed E-state index contributed by atoms with van der Waals surface area (Å²) in [6, 6.07) is 0. The van der Waals surface area contributed by atoms with E-state index in [4.69, 9.17) is 4.74 Å². The molecular weight excluding hydrogens is 320 g/mol. The molecule has 2 nitrogen and oxygen atoms in total. The maximum absolute atomic E-state index is 11.9. The predicted octanol–water partition coefficient (Wildman–Crippen LogP) is 8.15. The van der Waals surface area contributed by atoms with Gasteiger partial charge in [0.25, 0.3) is 0 Å². The van der Waals surface area contributed by atoms with Gasteiger partial charge in [0.05, 0.1) is 6.61 Å². The number of hydrogen-bond donors (Lipinski definition) is 0. The minimum Gasteiger partial charge on any atom is -0.462 e. The van der Waals surface area contributed by atoms with E-state index >= 15 is 0 Å². The van der Waals surface area contributed by atoms with E-state index in [2.05, 4.69) is 20.4 Å². The Hall–Kier alpha value is -0.790. The van der Waals surface area contributed by atoms with Crippen molar-refractivity contribution in [3.8, 4) is 0 Å². The Morgan fingerprint density at radius 3 is 1.46 bits per heavy atom. The molecule has 0 bridgehead atoms. The number of rotatable bonds is 20. The minimum atomic E-state index is -0.174. The average Bonchev–Trinajstić information content (AvgIpc) is 2.65. The van der Waals surface area contributed by atoms with Crippen LogP contribution in [-0.2, 0) is 9.53 Å². The lowest BCUT2D eigenvalue weighted by Gasteiger charge is -2.07. The van der Waals surface area contributed by atoms with E-state index in [1.54, 1.807) is 0 Å². The largest absolute Gasteiger partial charge is 0.462 e. The summed E-state index contributed by atoms with van der Waals surface area (Å²) in [6.07, 6.45) is 22.6. The first kappa shape index (κ1) is 25.2. The number of carbonyl (C=O) groups is 1. The van der Waals surface area contributed by atoms with Crippen molar-refractivity contribution in [1.82, 2.24) is 0 Å². The molecule has 0 aromatic carbocycles. The molecule has 0 fully saturated rings. The third-order valence-corrected chi connectivity index (χ3v) is 5.10. The lowest BCUT2D eigenvalue weighted by molar-refractivity contribution is -0.139. The first-order chi connectivity index (χ1) is 12.7. The van der Waals surface area contributed by atoms with Gasteiger partial charge in [-0.3, -0.25) is 0 Å². The van der Waals surface area contributed by atoms with Gasteiger partial charge in [0.1, 0.15) is 0 Å². The highest BCUT2D eigenvalue weighted by molar-refractivity contribution is 5.87. The van der Waals surface area contributed by atoms with E-state index in [0.717, 1.165) is 19.3 Å². The molecule has 0 atom stereocenters. The minimum absolute atomic E-state index is 0.174. The summed E-state index contributed by atoms with van der Waals surface area (Å²) in [5, 5.41) is 0. The van der Waals surface area contributed by atoms with Gasteiger partial charge in [-0.2, -0.15) is 0 Å². The molecule has 0 radical (unpaired) electrons. The third-order valence-electron chi connectivity index (χ3n) is 5.10. The van der Waals surface area contributed by atoms with Gasteiger partial charge in [-0.1, -0.05) is 117 Å². The molecule has 0 aromatic heterocycles. The van der Waals surface area contributed by atoms with Gasteiger partial charge >= 0.3 is 5.97 Å². The second-order valence-corrected chi connectivity index (χ2v) is 7.79. The molecule has 2 heteroatoms. The molecular formula is C24H46O2. The summed E-state index contributed by atoms with van der Waals surface area (Å²) < 4.78 is 5.35. The van der Waals surface area contributed by atoms with Gasteiger partial charge in [-0.15, -0.1) is 0 Å². The van der Waals surface area contributed by atoms with E-state index < -0.39 is 0 Å². The molecule has 0 rings (SSSR count). The Labute approximate surface area is 164 Å². The van der Waals surface area contributed by atoms with E-state index in [1.165, 1.54) is 96.3 Å². The fourth-order valence-electron chi connectivity index (χ4n) is 3.25. The molecule has 0 aromatic rings. The number of unbranched alkanes of at least 4 members (excludes halogenated alkanes) is 15. The standard InChI is InChI=1S/C24H46O2/c1-4-6-8-10-12-14-16-18-20-22-26-24(25)23(3)21-19-17-15-13-11-9-7-5-2/h3-22H2,1-2H3. The summed E-state index contributed by atoms with van der Waals surface area (Å²) in [4.78, 5) is 11.9. The van der Waals surface area contributed by atoms with Crippen LogP contribution >= 0.6 is 0 Å². The summed E-state index contributed by atoms with van der Waals surface area (Å²) in [5.41, 5.74) is 0.659. The first-order valence-electron chi connectivity index (χ1n) is 11.6. The molecule has 0 saturated heterocycles. The number of carbonyl (C=O) groups excluding carboxylic acids is 1. The van der Waals surface area contributed by atoms with E-state index in [0.29, 0.717) is 12.2 Å². The second kappa shape index (κ2) is 20.5. The van der Waals surface area contributed by atoms with Gasteiger partial charge < -0.3 is 4.74 Å². The highest BCUT2D eigenvalue weighted by Crippen LogP contribution is 2.13. The summed E-state index contributed by atoms with van der Waals surface area (Å²) >= 11 is 0. The monoisotopic (exact) mass is 366 g/mol. The summed E-state index contributed by atoms with van der Waals surface area (Å²) in [6.45, 7) is 8.97. The van der Waals surface area contributed by atoms with Gasteiger partial charge in [0.15, 0.2) is 0 Å². The first-order valence-corrected chi connectivity index (χ1v) is 11.6. The zero-order chi connectivity index (χ0) is 19.3. The second-order valence-electron chi connectivity index (χ2n) is 7.79. The molecule has 0 amide bonds. The van der Waals surface area contributed by atoms with Crippen molar-refractivity contribution in [1.29, 1.82) is 0 Å². The lowest BCUT2D eigenvalue weighted by Crippen LogP contribution is -2.08. The molecule has 0 spiro atoms. The number of hydrogen-bond acceptors (Lipinski definition) is 2. The predicted molar refractivity (Wildman–Crippen MR) is 115 cm³/mol. The zero-order valence-electron chi connectivity index (χ0n) is 18.0. The fourth-order valence-corrected chi connectivity index (χ4v) is 3.25. The Kier molecular flexibility index (Phi) is 19.9. The van der Waals surface area contributed by atoms with Crippen LogP contribution in [0.4, 0.5) is 0 Å². The van der Waals surface area contributed by atoms with Crippen molar-refractivity contribution in [2.75, 3.05) is 6.61 Å². The molecule has 0 aliphatic heterocycles. The number of ether oxygens (including phenoxy) is 1. The van der Waals surface area contributed by atoms with Gasteiger partial charge in [-0.25, -0.2) is 4.79 Å². The summed E-state index contributed by atoms with van der Waals surface area (Å²) in [5.74, 6) is -0.174. The maximum Gasteiger partial charge on any atom is 0.333 e. The maximum atomic E-state index is 11.9. The molecule has 26 heavy (non-hydrogen) atoms. The normalized spacial score (nSPS) is 10.8. The van der Waals surface area contributed by atoms with Crippen LogP contribution < -0.4 is 0 Å². The van der Waals surface area contributed by atoms with Crippen molar-refractivity contribution in [3.05, 3.63) is 12.2 Å². The van der Waals surface area contributed by atoms with Crippen LogP contribution in [0.3, 0.4) is 0 Å². The Balaban J connectivity index is 3.34. The number of esters is 1. The van der Waals surface area contributed by atoms with Gasteiger partial charge in [-0.05, 0) is 19.3 Å². The van der Waals surface area contributed by atoms with Crippen LogP contribution in [0.2, 0.25) is 0 Å². The zero-order valence-corrected chi connectivity index (χ0v) is 18.0. The van der Waals surface area contributed by atoms with Crippen LogP contribution in [0.1, 0.15) is 129 Å². The molecule has 0 N–H and O–H groups in total. The van der Waals surface area contributed by atoms with Crippen molar-refractivity contribution in [2.24, 2.45) is 0 Å². The fraction of sp³-hybridized carbons (Fsp3) is 0.875. The van der Waals surface area contributed by atoms with Crippen LogP contribution in [-0.4, -0.2) is 12.6 Å². The van der Waals surface area contributed by atoms with Crippen molar-refractivity contribution in [2.45, 2.75) is 129 Å². The summed E-state index contributed by atoms with van der Waals surface area (Å²) in [7, 11) is 0. The molecule has 0 aliphatic carbocycles. The Morgan fingerprint density at radius 1 is 0.615 bits per heavy atom. The third kappa shape index (κ3) is 18.0. The van der Waals surface area contributed by atoms with Crippen LogP contribution in [0.15, 0.2) is 12.2 Å². The van der Waals surface area contributed by atoms with Crippen molar-refractivity contribution < 1.29 is 9.53 Å². The van der Waals surface area contributed by atoms with Crippen LogP contribution in [0.5, 0.6) is 0 Å². The molecule has 0 unspecified atom stereocenters. The van der Waals surface area contributed by atoms with E-state index in [1.807, 2.05) is 0 Å². The molecule has 0 heterocycles. The Morgan fingerprint density at radius 2 is 1.00 bits per heavy atom. The molecule has 0 aliphatic rings. The SMILES string of the molecule is C=C(CCCCCCCCCC)C(=O)OCCCCCCCCCCC. The Bertz CT molecular complexity index is 322. The van der Waals surface area contributed by atoms with Crippen LogP contribution in [0, 0.1) is 0 Å². The van der Waals surface area contributed by atoms with Crippen molar-refractivity contribution >= 4 is 5.97 Å². The molecule has 154 valence electrons. The molecule has 0 saturated carbocycles. The van der Waals surface area contributed by atoms with Crippen molar-refractivity contribution in [3.63, 3.8) is 0 Å². The van der Waals surface area contributed by atoms with Gasteiger partial charge in [0, 0.05) is 5.57 Å². The van der Waals surface area contributed by atoms with Gasteiger partial charge in [0.2, 0.25) is 0 Å². The van der Waals surface area contributed by atoms with Crippen LogP contribution in [0.25, 0.3) is 0 Å². The topological polar surface area (TPSA) is 26.3 Å².